The Bertz CT molecular complexity index is 1750. The summed E-state index contributed by atoms with van der Waals surface area (Å²) in [6.45, 7) is 0. The summed E-state index contributed by atoms with van der Waals surface area (Å²) in [7, 11) is 1.78. The van der Waals surface area contributed by atoms with Crippen LogP contribution in [0.4, 0.5) is 0 Å². The van der Waals surface area contributed by atoms with Gasteiger partial charge in [-0.3, -0.25) is 4.98 Å². The number of benzene rings is 4. The lowest BCUT2D eigenvalue weighted by atomic mass is 10.0. The molecule has 0 radical (unpaired) electrons. The lowest BCUT2D eigenvalue weighted by Gasteiger charge is -2.13. The fourth-order valence-corrected chi connectivity index (χ4v) is 6.43. The molecule has 3 heterocycles. The van der Waals surface area contributed by atoms with Crippen LogP contribution in [-0.2, 0) is 0 Å². The van der Waals surface area contributed by atoms with Gasteiger partial charge in [0.1, 0.15) is 0 Å². The number of nitrogens with zero attached hydrogens (tertiary/aromatic N) is 2. The minimum atomic E-state index is 1.09. The van der Waals surface area contributed by atoms with Crippen LogP contribution in [0.15, 0.2) is 83.9 Å². The Hall–Kier alpha value is -2.57. The van der Waals surface area contributed by atoms with Crippen LogP contribution in [0.1, 0.15) is 0 Å². The summed E-state index contributed by atoms with van der Waals surface area (Å²) in [5.74, 6) is 0. The number of halogens is 1. The van der Waals surface area contributed by atoms with Gasteiger partial charge in [0.2, 0.25) is 0 Å². The molecule has 0 atom stereocenters. The number of hydrogen-bond donors (Lipinski definition) is 0. The number of pyridine rings is 2. The van der Waals surface area contributed by atoms with Gasteiger partial charge in [-0.25, -0.2) is 0 Å². The zero-order chi connectivity index (χ0) is 19.1. The van der Waals surface area contributed by atoms with Crippen LogP contribution in [0.2, 0.25) is 0 Å². The van der Waals surface area contributed by atoms with Crippen molar-refractivity contribution in [3.8, 4) is 0 Å². The lowest BCUT2D eigenvalue weighted by Crippen LogP contribution is -1.94. The summed E-state index contributed by atoms with van der Waals surface area (Å²) in [5.41, 5.74) is 4.85. The largest absolute Gasteiger partial charge is 0.308 e. The molecule has 0 aliphatic carbocycles. The first-order valence-corrected chi connectivity index (χ1v) is 12.9. The highest BCUT2D eigenvalue weighted by molar-refractivity contribution is 14.2. The standard InChI is InChI=1S/C25H13IN2S/c26-29-21-7-3-6-19-23(21)17-9-8-14-10-11-27-24-18-12-15-4-1-2-5-16(15)13-20(18)28(19)25(17)22(14)24/h1-13H. The molecule has 7 rings (SSSR count). The van der Waals surface area contributed by atoms with Crippen molar-refractivity contribution in [2.45, 2.75) is 4.90 Å². The van der Waals surface area contributed by atoms with Gasteiger partial charge in [0, 0.05) is 53.8 Å². The maximum absolute atomic E-state index is 4.86. The van der Waals surface area contributed by atoms with Gasteiger partial charge in [-0.1, -0.05) is 51.4 Å². The third-order valence-electron chi connectivity index (χ3n) is 6.09. The van der Waals surface area contributed by atoms with E-state index in [0.717, 1.165) is 5.52 Å². The van der Waals surface area contributed by atoms with Gasteiger partial charge in [0.25, 0.3) is 0 Å². The summed E-state index contributed by atoms with van der Waals surface area (Å²) >= 11 is 2.39. The summed E-state index contributed by atoms with van der Waals surface area (Å²) in [6, 6.07) is 26.5. The van der Waals surface area contributed by atoms with Crippen LogP contribution >= 0.6 is 30.1 Å². The number of fused-ring (bicyclic) bond motifs is 7. The second-order valence-corrected chi connectivity index (χ2v) is 9.41. The molecular weight excluding hydrogens is 487 g/mol. The second-order valence-electron chi connectivity index (χ2n) is 7.50. The molecule has 0 fully saturated rings. The highest BCUT2D eigenvalue weighted by Gasteiger charge is 2.20. The maximum atomic E-state index is 4.86. The Kier molecular flexibility index (Phi) is 3.22. The minimum Gasteiger partial charge on any atom is -0.308 e. The van der Waals surface area contributed by atoms with Gasteiger partial charge in [-0.05, 0) is 46.5 Å². The van der Waals surface area contributed by atoms with Gasteiger partial charge in [0.05, 0.1) is 22.1 Å². The summed E-state index contributed by atoms with van der Waals surface area (Å²) < 4.78 is 2.46. The highest BCUT2D eigenvalue weighted by atomic mass is 127. The van der Waals surface area contributed by atoms with E-state index in [1.165, 1.54) is 59.1 Å². The van der Waals surface area contributed by atoms with Crippen molar-refractivity contribution in [3.63, 3.8) is 0 Å². The van der Waals surface area contributed by atoms with Crippen LogP contribution in [0, 0.1) is 0 Å². The van der Waals surface area contributed by atoms with E-state index >= 15 is 0 Å². The first-order valence-electron chi connectivity index (χ1n) is 9.52. The van der Waals surface area contributed by atoms with Crippen LogP contribution in [0.25, 0.3) is 59.8 Å². The molecular formula is C25H13IN2S. The van der Waals surface area contributed by atoms with Gasteiger partial charge < -0.3 is 4.40 Å². The Balaban J connectivity index is 1.93. The minimum absolute atomic E-state index is 1.09. The van der Waals surface area contributed by atoms with E-state index in [1.807, 2.05) is 6.20 Å². The third-order valence-corrected chi connectivity index (χ3v) is 8.02. The molecule has 0 aliphatic heterocycles. The number of hydrogen-bond acceptors (Lipinski definition) is 2. The highest BCUT2D eigenvalue weighted by Crippen LogP contribution is 2.44. The molecule has 0 aliphatic rings. The Labute approximate surface area is 182 Å². The first kappa shape index (κ1) is 16.3. The van der Waals surface area contributed by atoms with Gasteiger partial charge >= 0.3 is 0 Å². The third kappa shape index (κ3) is 2.01. The van der Waals surface area contributed by atoms with E-state index in [0.29, 0.717) is 0 Å². The zero-order valence-corrected chi connectivity index (χ0v) is 18.2. The Morgan fingerprint density at radius 1 is 0.724 bits per heavy atom. The molecule has 0 saturated carbocycles. The maximum Gasteiger partial charge on any atom is 0.0822 e. The van der Waals surface area contributed by atoms with Crippen LogP contribution in [0.3, 0.4) is 0 Å². The van der Waals surface area contributed by atoms with Crippen molar-refractivity contribution in [3.05, 3.63) is 79.0 Å². The van der Waals surface area contributed by atoms with Gasteiger partial charge in [-0.2, -0.15) is 0 Å². The predicted octanol–water partition coefficient (Wildman–Crippen LogP) is 7.98. The van der Waals surface area contributed by atoms with Crippen LogP contribution in [-0.4, -0.2) is 9.38 Å². The molecule has 3 aromatic heterocycles. The zero-order valence-electron chi connectivity index (χ0n) is 15.2. The predicted molar refractivity (Wildman–Crippen MR) is 134 cm³/mol. The van der Waals surface area contributed by atoms with E-state index in [-0.39, 0.29) is 0 Å². The lowest BCUT2D eigenvalue weighted by molar-refractivity contribution is 1.34. The summed E-state index contributed by atoms with van der Waals surface area (Å²) in [5, 5.41) is 8.86. The summed E-state index contributed by atoms with van der Waals surface area (Å²) in [4.78, 5) is 6.17. The molecule has 29 heavy (non-hydrogen) atoms. The average Bonchev–Trinajstić information content (AvgIpc) is 3.13. The van der Waals surface area contributed by atoms with Crippen molar-refractivity contribution in [2.75, 3.05) is 0 Å². The molecule has 4 aromatic carbocycles. The molecule has 0 saturated heterocycles. The molecule has 7 aromatic rings. The van der Waals surface area contributed by atoms with Crippen molar-refractivity contribution in [1.82, 2.24) is 9.38 Å². The van der Waals surface area contributed by atoms with Crippen molar-refractivity contribution in [2.24, 2.45) is 0 Å². The fourth-order valence-electron chi connectivity index (χ4n) is 4.90. The van der Waals surface area contributed by atoms with Gasteiger partial charge in [-0.15, -0.1) is 0 Å². The number of rotatable bonds is 1. The monoisotopic (exact) mass is 500 g/mol. The summed E-state index contributed by atoms with van der Waals surface area (Å²) in [6.07, 6.45) is 1.94. The fraction of sp³-hybridized carbons (Fsp3) is 0. The Morgan fingerprint density at radius 2 is 1.59 bits per heavy atom. The van der Waals surface area contributed by atoms with E-state index in [9.17, 15) is 0 Å². The molecule has 4 heteroatoms. The number of aromatic nitrogens is 2. The van der Waals surface area contributed by atoms with Crippen molar-refractivity contribution < 1.29 is 0 Å². The molecule has 136 valence electrons. The van der Waals surface area contributed by atoms with Crippen molar-refractivity contribution in [1.29, 1.82) is 0 Å². The molecule has 2 nitrogen and oxygen atoms in total. The molecule has 0 N–H and O–H groups in total. The van der Waals surface area contributed by atoms with E-state index < -0.39 is 0 Å². The molecule has 0 amide bonds. The van der Waals surface area contributed by atoms with Crippen LogP contribution < -0.4 is 0 Å². The SMILES string of the molecule is ISc1cccc2c1c1ccc3ccnc4c5cc6ccccc6cc5n2c1c34. The normalized spacial score (nSPS) is 12.4. The molecule has 0 bridgehead atoms. The van der Waals surface area contributed by atoms with E-state index in [1.54, 1.807) is 8.93 Å². The molecule has 0 unspecified atom stereocenters. The van der Waals surface area contributed by atoms with Crippen LogP contribution in [0.5, 0.6) is 0 Å². The Morgan fingerprint density at radius 3 is 2.45 bits per heavy atom. The topological polar surface area (TPSA) is 17.3 Å². The quantitative estimate of drug-likeness (QED) is 0.129. The molecule has 0 spiro atoms. The van der Waals surface area contributed by atoms with Crippen molar-refractivity contribution >= 4 is 89.9 Å². The van der Waals surface area contributed by atoms with Gasteiger partial charge in [0.15, 0.2) is 0 Å². The average molecular weight is 500 g/mol. The smallest absolute Gasteiger partial charge is 0.0822 e. The van der Waals surface area contributed by atoms with E-state index in [4.69, 9.17) is 4.98 Å². The van der Waals surface area contributed by atoms with E-state index in [2.05, 4.69) is 98.4 Å². The first-order chi connectivity index (χ1) is 14.3. The second kappa shape index (κ2) is 5.74.